The van der Waals surface area contributed by atoms with Gasteiger partial charge in [-0.05, 0) is 32.4 Å². The van der Waals surface area contributed by atoms with Crippen LogP contribution in [0.5, 0.6) is 17.2 Å². The van der Waals surface area contributed by atoms with E-state index in [4.69, 9.17) is 14.2 Å². The molecule has 0 aliphatic carbocycles. The van der Waals surface area contributed by atoms with Crippen molar-refractivity contribution in [3.05, 3.63) is 17.7 Å². The van der Waals surface area contributed by atoms with E-state index in [0.717, 1.165) is 54.8 Å². The highest BCUT2D eigenvalue weighted by molar-refractivity contribution is 5.79. The van der Waals surface area contributed by atoms with Gasteiger partial charge in [-0.25, -0.2) is 0 Å². The SMILES string of the molecule is CN=C(NCCc1c(OC)cc(OC)cc1OC)NCCN1CCCCC1. The molecule has 2 N–H and O–H groups in total. The first-order valence-electron chi connectivity index (χ1n) is 9.67. The molecule has 7 nitrogen and oxygen atoms in total. The average molecular weight is 379 g/mol. The zero-order chi connectivity index (χ0) is 19.5. The summed E-state index contributed by atoms with van der Waals surface area (Å²) in [6.45, 7) is 5.10. The van der Waals surface area contributed by atoms with Crippen LogP contribution in [0.1, 0.15) is 24.8 Å². The maximum atomic E-state index is 5.51. The maximum absolute atomic E-state index is 5.51. The largest absolute Gasteiger partial charge is 0.496 e. The van der Waals surface area contributed by atoms with Crippen LogP contribution in [0.25, 0.3) is 0 Å². The van der Waals surface area contributed by atoms with E-state index in [1.807, 2.05) is 12.1 Å². The van der Waals surface area contributed by atoms with Crippen molar-refractivity contribution in [1.29, 1.82) is 0 Å². The number of hydrogen-bond acceptors (Lipinski definition) is 5. The molecule has 1 fully saturated rings. The molecule has 0 radical (unpaired) electrons. The molecule has 1 aromatic carbocycles. The van der Waals surface area contributed by atoms with Crippen molar-refractivity contribution < 1.29 is 14.2 Å². The van der Waals surface area contributed by atoms with Gasteiger partial charge in [0.2, 0.25) is 0 Å². The standard InChI is InChI=1S/C20H34N4O3/c1-21-20(23-10-13-24-11-6-5-7-12-24)22-9-8-17-18(26-3)14-16(25-2)15-19(17)27-4/h14-15H,5-13H2,1-4H3,(H2,21,22,23). The van der Waals surface area contributed by atoms with Crippen LogP contribution in [0.3, 0.4) is 0 Å². The van der Waals surface area contributed by atoms with E-state index >= 15 is 0 Å². The predicted octanol–water partition coefficient (Wildman–Crippen LogP) is 1.91. The Morgan fingerprint density at radius 2 is 1.59 bits per heavy atom. The van der Waals surface area contributed by atoms with Gasteiger partial charge in [0.25, 0.3) is 0 Å². The fraction of sp³-hybridized carbons (Fsp3) is 0.650. The first-order valence-corrected chi connectivity index (χ1v) is 9.67. The summed E-state index contributed by atoms with van der Waals surface area (Å²) in [6, 6.07) is 3.76. The number of hydrogen-bond donors (Lipinski definition) is 2. The smallest absolute Gasteiger partial charge is 0.191 e. The minimum atomic E-state index is 0.718. The normalized spacial score (nSPS) is 15.3. The predicted molar refractivity (Wildman–Crippen MR) is 109 cm³/mol. The Morgan fingerprint density at radius 3 is 2.15 bits per heavy atom. The highest BCUT2D eigenvalue weighted by Gasteiger charge is 2.13. The maximum Gasteiger partial charge on any atom is 0.191 e. The molecule has 0 aromatic heterocycles. The molecule has 0 atom stereocenters. The first kappa shape index (κ1) is 21.2. The van der Waals surface area contributed by atoms with Crippen LogP contribution in [0.2, 0.25) is 0 Å². The van der Waals surface area contributed by atoms with Crippen molar-refractivity contribution in [1.82, 2.24) is 15.5 Å². The molecular weight excluding hydrogens is 344 g/mol. The number of likely N-dealkylation sites (tertiary alicyclic amines) is 1. The van der Waals surface area contributed by atoms with Gasteiger partial charge in [-0.2, -0.15) is 0 Å². The summed E-state index contributed by atoms with van der Waals surface area (Å²) < 4.78 is 16.3. The number of benzene rings is 1. The number of piperidine rings is 1. The van der Waals surface area contributed by atoms with Crippen LogP contribution < -0.4 is 24.8 Å². The molecule has 7 heteroatoms. The minimum Gasteiger partial charge on any atom is -0.496 e. The van der Waals surface area contributed by atoms with Gasteiger partial charge in [-0.1, -0.05) is 6.42 Å². The molecule has 27 heavy (non-hydrogen) atoms. The van der Waals surface area contributed by atoms with Crippen molar-refractivity contribution in [2.24, 2.45) is 4.99 Å². The van der Waals surface area contributed by atoms with E-state index in [9.17, 15) is 0 Å². The van der Waals surface area contributed by atoms with Gasteiger partial charge >= 0.3 is 0 Å². The number of methoxy groups -OCH3 is 3. The molecule has 1 aromatic rings. The van der Waals surface area contributed by atoms with Crippen molar-refractivity contribution in [2.45, 2.75) is 25.7 Å². The topological polar surface area (TPSA) is 67.4 Å². The van der Waals surface area contributed by atoms with Crippen LogP contribution in [-0.4, -0.2) is 72.0 Å². The number of nitrogens with one attached hydrogen (secondary N) is 2. The van der Waals surface area contributed by atoms with Crippen LogP contribution in [0.15, 0.2) is 17.1 Å². The second-order valence-electron chi connectivity index (χ2n) is 6.59. The Hall–Kier alpha value is -2.15. The fourth-order valence-corrected chi connectivity index (χ4v) is 3.37. The molecule has 0 saturated carbocycles. The second-order valence-corrected chi connectivity index (χ2v) is 6.59. The third-order valence-corrected chi connectivity index (χ3v) is 4.88. The molecule has 0 bridgehead atoms. The van der Waals surface area contributed by atoms with Crippen LogP contribution in [0.4, 0.5) is 0 Å². The molecule has 152 valence electrons. The van der Waals surface area contributed by atoms with Gasteiger partial charge in [-0.15, -0.1) is 0 Å². The molecule has 1 aliphatic heterocycles. The minimum absolute atomic E-state index is 0.718. The van der Waals surface area contributed by atoms with Gasteiger partial charge in [0, 0.05) is 44.4 Å². The van der Waals surface area contributed by atoms with Crippen LogP contribution >= 0.6 is 0 Å². The molecule has 1 saturated heterocycles. The van der Waals surface area contributed by atoms with Gasteiger partial charge in [0.05, 0.1) is 21.3 Å². The van der Waals surface area contributed by atoms with Gasteiger partial charge in [0.1, 0.15) is 17.2 Å². The van der Waals surface area contributed by atoms with Gasteiger partial charge < -0.3 is 29.7 Å². The van der Waals surface area contributed by atoms with Crippen molar-refractivity contribution in [3.8, 4) is 17.2 Å². The van der Waals surface area contributed by atoms with E-state index in [0.29, 0.717) is 0 Å². The molecule has 0 amide bonds. The van der Waals surface area contributed by atoms with Crippen molar-refractivity contribution >= 4 is 5.96 Å². The number of guanidine groups is 1. The first-order chi connectivity index (χ1) is 13.2. The van der Waals surface area contributed by atoms with Crippen LogP contribution in [0, 0.1) is 0 Å². The average Bonchev–Trinajstić information content (AvgIpc) is 2.73. The van der Waals surface area contributed by atoms with Gasteiger partial charge in [0.15, 0.2) is 5.96 Å². The summed E-state index contributed by atoms with van der Waals surface area (Å²) in [5, 5.41) is 6.76. The molecular formula is C20H34N4O3. The Labute approximate surface area is 163 Å². The fourth-order valence-electron chi connectivity index (χ4n) is 3.37. The summed E-state index contributed by atoms with van der Waals surface area (Å²) in [5.41, 5.74) is 1.01. The Kier molecular flexibility index (Phi) is 9.04. The molecule has 2 rings (SSSR count). The molecule has 0 spiro atoms. The number of aliphatic imine (C=N–C) groups is 1. The third kappa shape index (κ3) is 6.50. The lowest BCUT2D eigenvalue weighted by Crippen LogP contribution is -2.43. The number of rotatable bonds is 9. The zero-order valence-electron chi connectivity index (χ0n) is 17.1. The van der Waals surface area contributed by atoms with Crippen molar-refractivity contribution in [3.63, 3.8) is 0 Å². The molecule has 1 aliphatic rings. The number of ether oxygens (including phenoxy) is 3. The van der Waals surface area contributed by atoms with Crippen LogP contribution in [-0.2, 0) is 6.42 Å². The summed E-state index contributed by atoms with van der Waals surface area (Å²) >= 11 is 0. The van der Waals surface area contributed by atoms with Gasteiger partial charge in [-0.3, -0.25) is 4.99 Å². The monoisotopic (exact) mass is 378 g/mol. The summed E-state index contributed by atoms with van der Waals surface area (Å²) in [7, 11) is 6.75. The second kappa shape index (κ2) is 11.5. The van der Waals surface area contributed by atoms with E-state index in [2.05, 4.69) is 20.5 Å². The molecule has 0 unspecified atom stereocenters. The third-order valence-electron chi connectivity index (χ3n) is 4.88. The zero-order valence-corrected chi connectivity index (χ0v) is 17.1. The van der Waals surface area contributed by atoms with E-state index < -0.39 is 0 Å². The highest BCUT2D eigenvalue weighted by Crippen LogP contribution is 2.34. The van der Waals surface area contributed by atoms with E-state index in [1.54, 1.807) is 28.4 Å². The lowest BCUT2D eigenvalue weighted by molar-refractivity contribution is 0.232. The van der Waals surface area contributed by atoms with E-state index in [1.165, 1.54) is 32.4 Å². The Bertz CT molecular complexity index is 576. The van der Waals surface area contributed by atoms with E-state index in [-0.39, 0.29) is 0 Å². The highest BCUT2D eigenvalue weighted by atomic mass is 16.5. The lowest BCUT2D eigenvalue weighted by atomic mass is 10.1. The summed E-state index contributed by atoms with van der Waals surface area (Å²) in [6.07, 6.45) is 4.76. The quantitative estimate of drug-likeness (QED) is 0.505. The van der Waals surface area contributed by atoms with Crippen molar-refractivity contribution in [2.75, 3.05) is 61.1 Å². The molecule has 1 heterocycles. The summed E-state index contributed by atoms with van der Waals surface area (Å²) in [5.74, 6) is 3.07. The Morgan fingerprint density at radius 1 is 0.963 bits per heavy atom. The Balaban J connectivity index is 1.83. The summed E-state index contributed by atoms with van der Waals surface area (Å²) in [4.78, 5) is 6.82. The lowest BCUT2D eigenvalue weighted by Gasteiger charge is -2.26. The number of nitrogens with zero attached hydrogens (tertiary/aromatic N) is 2.